The lowest BCUT2D eigenvalue weighted by molar-refractivity contribution is 0.489. The lowest BCUT2D eigenvalue weighted by Gasteiger charge is -2.00. The van der Waals surface area contributed by atoms with E-state index in [1.165, 1.54) is 5.56 Å². The molecule has 1 aromatic heterocycles. The number of rotatable bonds is 3. The van der Waals surface area contributed by atoms with E-state index in [0.717, 1.165) is 28.1 Å². The van der Waals surface area contributed by atoms with E-state index in [9.17, 15) is 0 Å². The Morgan fingerprint density at radius 1 is 1.00 bits per heavy atom. The van der Waals surface area contributed by atoms with E-state index in [4.69, 9.17) is 4.42 Å². The van der Waals surface area contributed by atoms with Crippen LogP contribution in [0.3, 0.4) is 0 Å². The van der Waals surface area contributed by atoms with Gasteiger partial charge in [0.1, 0.15) is 5.76 Å². The molecule has 0 unspecified atom stereocenters. The van der Waals surface area contributed by atoms with Crippen molar-refractivity contribution in [2.24, 2.45) is 4.99 Å². The number of aryl methyl sites for hydroxylation is 2. The molecule has 0 atom stereocenters. The van der Waals surface area contributed by atoms with E-state index in [1.807, 2.05) is 42.5 Å². The van der Waals surface area contributed by atoms with E-state index in [-0.39, 0.29) is 0 Å². The first-order valence-corrected chi connectivity index (χ1v) is 7.58. The Bertz CT molecular complexity index is 819. The zero-order valence-corrected chi connectivity index (χ0v) is 13.5. The fraction of sp³-hybridized carbons (Fsp3) is 0.105. The van der Waals surface area contributed by atoms with Gasteiger partial charge in [0, 0.05) is 17.3 Å². The van der Waals surface area contributed by atoms with Gasteiger partial charge in [-0.15, -0.1) is 12.6 Å². The summed E-state index contributed by atoms with van der Waals surface area (Å²) in [6, 6.07) is 18.1. The molecule has 0 fully saturated rings. The van der Waals surface area contributed by atoms with Crippen molar-refractivity contribution >= 4 is 24.5 Å². The lowest BCUT2D eigenvalue weighted by atomic mass is 10.1. The molecule has 0 radical (unpaired) electrons. The highest BCUT2D eigenvalue weighted by atomic mass is 32.1. The standard InChI is InChI=1S/C19H17NOS/c1-13-8-9-17(14(2)10-13)20-12-16-11-18(21-19(16)22)15-6-4-3-5-7-15/h3-12,22H,1-2H3. The molecule has 3 aromatic rings. The van der Waals surface area contributed by atoms with Gasteiger partial charge < -0.3 is 4.42 Å². The van der Waals surface area contributed by atoms with Crippen LogP contribution in [0.1, 0.15) is 16.7 Å². The second-order valence-corrected chi connectivity index (χ2v) is 5.69. The third kappa shape index (κ3) is 3.15. The SMILES string of the molecule is Cc1ccc(N=Cc2cc(-c3ccccc3)oc2S)c(C)c1. The predicted molar refractivity (Wildman–Crippen MR) is 94.6 cm³/mol. The van der Waals surface area contributed by atoms with Crippen molar-refractivity contribution in [2.75, 3.05) is 0 Å². The topological polar surface area (TPSA) is 25.5 Å². The van der Waals surface area contributed by atoms with Crippen molar-refractivity contribution < 1.29 is 4.42 Å². The van der Waals surface area contributed by atoms with Crippen LogP contribution in [0.25, 0.3) is 11.3 Å². The average Bonchev–Trinajstić information content (AvgIpc) is 2.88. The van der Waals surface area contributed by atoms with Crippen LogP contribution in [0.5, 0.6) is 0 Å². The van der Waals surface area contributed by atoms with Gasteiger partial charge in [0.25, 0.3) is 0 Å². The van der Waals surface area contributed by atoms with Crippen LogP contribution in [0.15, 0.2) is 69.1 Å². The average molecular weight is 307 g/mol. The van der Waals surface area contributed by atoms with Gasteiger partial charge in [-0.25, -0.2) is 0 Å². The summed E-state index contributed by atoms with van der Waals surface area (Å²) in [7, 11) is 0. The summed E-state index contributed by atoms with van der Waals surface area (Å²) in [6.45, 7) is 4.14. The number of furan rings is 1. The predicted octanol–water partition coefficient (Wildman–Crippen LogP) is 5.60. The van der Waals surface area contributed by atoms with E-state index in [2.05, 4.69) is 43.6 Å². The summed E-state index contributed by atoms with van der Waals surface area (Å²) < 4.78 is 5.71. The van der Waals surface area contributed by atoms with Gasteiger partial charge in [-0.2, -0.15) is 0 Å². The van der Waals surface area contributed by atoms with Crippen LogP contribution >= 0.6 is 12.6 Å². The first-order chi connectivity index (χ1) is 10.6. The second kappa shape index (κ2) is 6.24. The number of hydrogen-bond donors (Lipinski definition) is 1. The number of aliphatic imine (C=N–C) groups is 1. The molecule has 2 aromatic carbocycles. The summed E-state index contributed by atoms with van der Waals surface area (Å²) in [5.74, 6) is 0.799. The monoisotopic (exact) mass is 307 g/mol. The van der Waals surface area contributed by atoms with Crippen molar-refractivity contribution in [3.8, 4) is 11.3 Å². The molecule has 0 bridgehead atoms. The van der Waals surface area contributed by atoms with Crippen molar-refractivity contribution in [3.05, 3.63) is 71.3 Å². The molecule has 0 amide bonds. The van der Waals surface area contributed by atoms with E-state index in [1.54, 1.807) is 6.21 Å². The molecular formula is C19H17NOS. The second-order valence-electron chi connectivity index (χ2n) is 5.29. The molecule has 3 heteroatoms. The number of hydrogen-bond acceptors (Lipinski definition) is 3. The molecule has 22 heavy (non-hydrogen) atoms. The largest absolute Gasteiger partial charge is 0.449 e. The number of benzene rings is 2. The molecule has 2 nitrogen and oxygen atoms in total. The van der Waals surface area contributed by atoms with Gasteiger partial charge in [-0.3, -0.25) is 4.99 Å². The van der Waals surface area contributed by atoms with Crippen molar-refractivity contribution in [3.63, 3.8) is 0 Å². The summed E-state index contributed by atoms with van der Waals surface area (Å²) in [5, 5.41) is 0.576. The Balaban J connectivity index is 1.90. The zero-order chi connectivity index (χ0) is 15.5. The van der Waals surface area contributed by atoms with Crippen LogP contribution in [-0.4, -0.2) is 6.21 Å². The first-order valence-electron chi connectivity index (χ1n) is 7.13. The fourth-order valence-electron chi connectivity index (χ4n) is 2.32. The van der Waals surface area contributed by atoms with Crippen LogP contribution in [0, 0.1) is 13.8 Å². The van der Waals surface area contributed by atoms with Crippen LogP contribution < -0.4 is 0 Å². The quantitative estimate of drug-likeness (QED) is 0.494. The lowest BCUT2D eigenvalue weighted by Crippen LogP contribution is -1.80. The highest BCUT2D eigenvalue weighted by Crippen LogP contribution is 2.27. The van der Waals surface area contributed by atoms with Gasteiger partial charge >= 0.3 is 0 Å². The Morgan fingerprint density at radius 3 is 2.50 bits per heavy atom. The molecule has 0 aliphatic heterocycles. The van der Waals surface area contributed by atoms with Crippen molar-refractivity contribution in [1.29, 1.82) is 0 Å². The molecule has 0 spiro atoms. The smallest absolute Gasteiger partial charge is 0.166 e. The van der Waals surface area contributed by atoms with E-state index >= 15 is 0 Å². The summed E-state index contributed by atoms with van der Waals surface area (Å²) in [6.07, 6.45) is 1.80. The first kappa shape index (κ1) is 14.7. The van der Waals surface area contributed by atoms with Crippen molar-refractivity contribution in [1.82, 2.24) is 0 Å². The summed E-state index contributed by atoms with van der Waals surface area (Å²) in [5.41, 5.74) is 5.26. The van der Waals surface area contributed by atoms with Gasteiger partial charge in [-0.1, -0.05) is 48.0 Å². The third-order valence-electron chi connectivity index (χ3n) is 3.49. The minimum absolute atomic E-state index is 0.576. The van der Waals surface area contributed by atoms with E-state index in [0.29, 0.717) is 5.09 Å². The molecule has 0 aliphatic carbocycles. The Hall–Kier alpha value is -2.26. The zero-order valence-electron chi connectivity index (χ0n) is 12.6. The van der Waals surface area contributed by atoms with Crippen LogP contribution in [0.2, 0.25) is 0 Å². The summed E-state index contributed by atoms with van der Waals surface area (Å²) in [4.78, 5) is 4.55. The molecule has 3 rings (SSSR count). The highest BCUT2D eigenvalue weighted by Gasteiger charge is 2.08. The van der Waals surface area contributed by atoms with Gasteiger partial charge in [0.15, 0.2) is 5.09 Å². The molecule has 0 N–H and O–H groups in total. The Morgan fingerprint density at radius 2 is 1.77 bits per heavy atom. The molecule has 1 heterocycles. The summed E-state index contributed by atoms with van der Waals surface area (Å²) >= 11 is 4.40. The maximum atomic E-state index is 5.71. The maximum Gasteiger partial charge on any atom is 0.166 e. The Kier molecular flexibility index (Phi) is 4.16. The molecular weight excluding hydrogens is 290 g/mol. The van der Waals surface area contributed by atoms with Gasteiger partial charge in [-0.05, 0) is 31.5 Å². The van der Waals surface area contributed by atoms with Gasteiger partial charge in [0.05, 0.1) is 5.69 Å². The maximum absolute atomic E-state index is 5.71. The minimum atomic E-state index is 0.576. The minimum Gasteiger partial charge on any atom is -0.449 e. The van der Waals surface area contributed by atoms with Crippen LogP contribution in [-0.2, 0) is 0 Å². The van der Waals surface area contributed by atoms with Gasteiger partial charge in [0.2, 0.25) is 0 Å². The molecule has 0 saturated heterocycles. The third-order valence-corrected chi connectivity index (χ3v) is 3.84. The van der Waals surface area contributed by atoms with Crippen molar-refractivity contribution in [2.45, 2.75) is 18.9 Å². The number of thiol groups is 1. The molecule has 0 saturated carbocycles. The normalized spacial score (nSPS) is 11.2. The fourth-order valence-corrected chi connectivity index (χ4v) is 2.54. The van der Waals surface area contributed by atoms with Crippen LogP contribution in [0.4, 0.5) is 5.69 Å². The molecule has 110 valence electrons. The van der Waals surface area contributed by atoms with E-state index < -0.39 is 0 Å². The molecule has 0 aliphatic rings. The Labute approximate surface area is 135 Å². The highest BCUT2D eigenvalue weighted by molar-refractivity contribution is 7.80. The number of nitrogens with zero attached hydrogens (tertiary/aromatic N) is 1.